The Kier molecular flexibility index (Phi) is 7.54. The zero-order chi connectivity index (χ0) is 9.72. The van der Waals surface area contributed by atoms with E-state index in [0.717, 1.165) is 7.16 Å². The summed E-state index contributed by atoms with van der Waals surface area (Å²) in [5.74, 6) is 0. The van der Waals surface area contributed by atoms with Crippen molar-refractivity contribution in [1.82, 2.24) is 0 Å². The molecule has 0 atom stereocenters. The molecule has 0 aromatic rings. The second-order valence-corrected chi connectivity index (χ2v) is 5.25. The van der Waals surface area contributed by atoms with Crippen LogP contribution in [0.4, 0.5) is 0 Å². The van der Waals surface area contributed by atoms with Crippen LogP contribution < -0.4 is 0 Å². The highest BCUT2D eigenvalue weighted by atomic mass is 127. The molecular formula is C7H4ClI3O. The van der Waals surface area contributed by atoms with Crippen LogP contribution in [0, 0.1) is 0 Å². The van der Waals surface area contributed by atoms with Gasteiger partial charge in [-0.25, -0.2) is 0 Å². The Morgan fingerprint density at radius 2 is 1.92 bits per heavy atom. The standard InChI is InChI=1S/C7H4ClI3O/c1-4(10)2-6(11)5(3-9)7(8)12/h2-3H,1H2/b5-3-,6-2+. The van der Waals surface area contributed by atoms with Crippen LogP contribution in [0.15, 0.2) is 29.5 Å². The minimum atomic E-state index is -0.442. The van der Waals surface area contributed by atoms with Crippen LogP contribution in [0.5, 0.6) is 0 Å². The van der Waals surface area contributed by atoms with Gasteiger partial charge in [0.05, 0.1) is 5.57 Å². The molecule has 0 saturated carbocycles. The summed E-state index contributed by atoms with van der Waals surface area (Å²) >= 11 is 11.4. The average Bonchev–Trinajstić information content (AvgIpc) is 1.85. The quantitative estimate of drug-likeness (QED) is 0.234. The van der Waals surface area contributed by atoms with Gasteiger partial charge in [0, 0.05) is 7.16 Å². The first-order valence-electron chi connectivity index (χ1n) is 2.71. The van der Waals surface area contributed by atoms with E-state index in [1.54, 1.807) is 10.2 Å². The van der Waals surface area contributed by atoms with Crippen molar-refractivity contribution in [2.45, 2.75) is 0 Å². The molecule has 0 fully saturated rings. The van der Waals surface area contributed by atoms with E-state index in [9.17, 15) is 4.79 Å². The second-order valence-electron chi connectivity index (χ2n) is 1.74. The van der Waals surface area contributed by atoms with Crippen LogP contribution in [-0.4, -0.2) is 5.24 Å². The molecule has 0 unspecified atom stereocenters. The lowest BCUT2D eigenvalue weighted by Gasteiger charge is -1.97. The van der Waals surface area contributed by atoms with Crippen LogP contribution in [0.1, 0.15) is 0 Å². The van der Waals surface area contributed by atoms with E-state index in [0.29, 0.717) is 5.57 Å². The molecule has 5 heteroatoms. The van der Waals surface area contributed by atoms with Gasteiger partial charge in [-0.2, -0.15) is 0 Å². The van der Waals surface area contributed by atoms with Crippen molar-refractivity contribution >= 4 is 84.6 Å². The number of rotatable bonds is 3. The van der Waals surface area contributed by atoms with Crippen molar-refractivity contribution in [2.24, 2.45) is 0 Å². The smallest absolute Gasteiger partial charge is 0.253 e. The SMILES string of the molecule is C=C(I)/C=C(I)\C(=C\I)C(=O)Cl. The summed E-state index contributed by atoms with van der Waals surface area (Å²) < 4.78 is 3.33. The lowest BCUT2D eigenvalue weighted by molar-refractivity contribution is -0.108. The van der Waals surface area contributed by atoms with Crippen molar-refractivity contribution in [3.63, 3.8) is 0 Å². The van der Waals surface area contributed by atoms with Gasteiger partial charge >= 0.3 is 0 Å². The Balaban J connectivity index is 4.78. The Bertz CT molecular complexity index is 268. The molecule has 0 saturated heterocycles. The first-order valence-corrected chi connectivity index (χ1v) is 6.49. The molecule has 12 heavy (non-hydrogen) atoms. The summed E-state index contributed by atoms with van der Waals surface area (Å²) in [4.78, 5) is 10.8. The Labute approximate surface area is 117 Å². The van der Waals surface area contributed by atoms with Gasteiger partial charge in [-0.05, 0) is 66.9 Å². The van der Waals surface area contributed by atoms with Crippen molar-refractivity contribution in [3.05, 3.63) is 29.5 Å². The maximum atomic E-state index is 10.8. The van der Waals surface area contributed by atoms with E-state index in [1.165, 1.54) is 0 Å². The van der Waals surface area contributed by atoms with Gasteiger partial charge < -0.3 is 0 Å². The van der Waals surface area contributed by atoms with Gasteiger partial charge in [-0.15, -0.1) is 0 Å². The summed E-state index contributed by atoms with van der Waals surface area (Å²) in [6.45, 7) is 3.69. The fraction of sp³-hybridized carbons (Fsp3) is 0. The zero-order valence-corrected chi connectivity index (χ0v) is 13.0. The predicted molar refractivity (Wildman–Crippen MR) is 78.2 cm³/mol. The molecule has 0 heterocycles. The fourth-order valence-corrected chi connectivity index (χ4v) is 3.80. The number of carbonyl (C=O) groups excluding carboxylic acids is 1. The lowest BCUT2D eigenvalue weighted by Crippen LogP contribution is -1.91. The topological polar surface area (TPSA) is 17.1 Å². The van der Waals surface area contributed by atoms with E-state index >= 15 is 0 Å². The number of allylic oxidation sites excluding steroid dienone is 4. The molecule has 0 aliphatic heterocycles. The average molecular weight is 520 g/mol. The highest BCUT2D eigenvalue weighted by Crippen LogP contribution is 2.24. The van der Waals surface area contributed by atoms with E-state index in [4.69, 9.17) is 11.6 Å². The Morgan fingerprint density at radius 1 is 1.42 bits per heavy atom. The molecule has 0 bridgehead atoms. The van der Waals surface area contributed by atoms with Gasteiger partial charge in [0.15, 0.2) is 0 Å². The van der Waals surface area contributed by atoms with Crippen LogP contribution in [-0.2, 0) is 4.79 Å². The van der Waals surface area contributed by atoms with Gasteiger partial charge in [0.1, 0.15) is 0 Å². The molecule has 0 aromatic heterocycles. The van der Waals surface area contributed by atoms with Crippen molar-refractivity contribution in [3.8, 4) is 0 Å². The summed E-state index contributed by atoms with van der Waals surface area (Å²) in [5.41, 5.74) is 0.510. The summed E-state index contributed by atoms with van der Waals surface area (Å²) in [6, 6.07) is 0. The highest BCUT2D eigenvalue weighted by Gasteiger charge is 2.08. The van der Waals surface area contributed by atoms with Crippen molar-refractivity contribution < 1.29 is 4.79 Å². The molecule has 0 aliphatic rings. The molecule has 0 spiro atoms. The van der Waals surface area contributed by atoms with Crippen molar-refractivity contribution in [1.29, 1.82) is 0 Å². The number of hydrogen-bond donors (Lipinski definition) is 0. The van der Waals surface area contributed by atoms with Crippen molar-refractivity contribution in [2.75, 3.05) is 0 Å². The number of carbonyl (C=O) groups is 1. The third-order valence-electron chi connectivity index (χ3n) is 0.862. The normalized spacial score (nSPS) is 13.0. The summed E-state index contributed by atoms with van der Waals surface area (Å²) in [6.07, 6.45) is 1.80. The van der Waals surface area contributed by atoms with Gasteiger partial charge in [0.25, 0.3) is 5.24 Å². The molecular weight excluding hydrogens is 516 g/mol. The van der Waals surface area contributed by atoms with Gasteiger partial charge in [-0.3, -0.25) is 4.79 Å². The summed E-state index contributed by atoms with van der Waals surface area (Å²) in [7, 11) is 0. The lowest BCUT2D eigenvalue weighted by atomic mass is 10.3. The molecule has 1 nitrogen and oxygen atoms in total. The molecule has 0 aliphatic carbocycles. The third kappa shape index (κ3) is 5.18. The Hall–Kier alpha value is 1.37. The molecule has 0 N–H and O–H groups in total. The van der Waals surface area contributed by atoms with E-state index in [-0.39, 0.29) is 0 Å². The zero-order valence-electron chi connectivity index (χ0n) is 5.78. The fourth-order valence-electron chi connectivity index (χ4n) is 0.404. The largest absolute Gasteiger partial charge is 0.276 e. The van der Waals surface area contributed by atoms with E-state index < -0.39 is 5.24 Å². The van der Waals surface area contributed by atoms with E-state index in [2.05, 4.69) is 51.8 Å². The van der Waals surface area contributed by atoms with Crippen LogP contribution >= 0.6 is 79.4 Å². The van der Waals surface area contributed by atoms with Crippen LogP contribution in [0.25, 0.3) is 0 Å². The number of hydrogen-bond acceptors (Lipinski definition) is 1. The minimum Gasteiger partial charge on any atom is -0.276 e. The summed E-state index contributed by atoms with van der Waals surface area (Å²) in [5, 5.41) is -0.442. The Morgan fingerprint density at radius 3 is 2.17 bits per heavy atom. The number of halogens is 4. The molecule has 0 radical (unpaired) electrons. The van der Waals surface area contributed by atoms with Gasteiger partial charge in [-0.1, -0.05) is 29.2 Å². The second kappa shape index (κ2) is 6.77. The monoisotopic (exact) mass is 520 g/mol. The predicted octanol–water partition coefficient (Wildman–Crippen LogP) is 4.34. The maximum Gasteiger partial charge on any atom is 0.253 e. The first kappa shape index (κ1) is 13.4. The molecule has 0 aromatic carbocycles. The molecule has 0 amide bonds. The molecule has 0 rings (SSSR count). The van der Waals surface area contributed by atoms with E-state index in [1.807, 2.05) is 22.6 Å². The minimum absolute atomic E-state index is 0.442. The van der Waals surface area contributed by atoms with Crippen LogP contribution in [0.3, 0.4) is 0 Å². The highest BCUT2D eigenvalue weighted by molar-refractivity contribution is 14.1. The maximum absolute atomic E-state index is 10.8. The van der Waals surface area contributed by atoms with Crippen LogP contribution in [0.2, 0.25) is 0 Å². The first-order chi connectivity index (χ1) is 5.49. The molecule has 66 valence electrons. The third-order valence-corrected chi connectivity index (χ3v) is 2.89. The van der Waals surface area contributed by atoms with Gasteiger partial charge in [0.2, 0.25) is 0 Å².